The molecule has 0 heterocycles. The summed E-state index contributed by atoms with van der Waals surface area (Å²) in [5, 5.41) is 3.17. The maximum absolute atomic E-state index is 11.7. The average molecular weight is 255 g/mol. The van der Waals surface area contributed by atoms with Gasteiger partial charge in [-0.25, -0.2) is 0 Å². The van der Waals surface area contributed by atoms with E-state index in [0.29, 0.717) is 36.0 Å². The molecule has 0 aliphatic carbocycles. The van der Waals surface area contributed by atoms with Crippen LogP contribution in [-0.4, -0.2) is 25.7 Å². The van der Waals surface area contributed by atoms with Gasteiger partial charge >= 0.3 is 0 Å². The largest absolute Gasteiger partial charge is 0.398 e. The van der Waals surface area contributed by atoms with E-state index in [1.165, 1.54) is 6.07 Å². The zero-order chi connectivity index (χ0) is 12.7. The highest BCUT2D eigenvalue weighted by atomic mass is 35.5. The van der Waals surface area contributed by atoms with Crippen LogP contribution in [0.4, 0.5) is 5.69 Å². The third-order valence-electron chi connectivity index (χ3n) is 2.03. The van der Waals surface area contributed by atoms with Crippen molar-refractivity contribution in [2.75, 3.05) is 25.5 Å². The van der Waals surface area contributed by atoms with Crippen molar-refractivity contribution in [3.63, 3.8) is 0 Å². The number of nitrogens with two attached hydrogens (primary N) is 1. The standard InChI is InChI=1S/C12H15ClN2O2/c1-2-6-17-7-5-15-12(16)10-8-9(13)3-4-11(10)14/h2-4,8H,1,5-7,14H2,(H,15,16). The predicted octanol–water partition coefficient (Wildman–Crippen LogP) is 1.85. The lowest BCUT2D eigenvalue weighted by Gasteiger charge is -2.07. The molecular formula is C12H15ClN2O2. The van der Waals surface area contributed by atoms with Gasteiger partial charge in [0, 0.05) is 17.3 Å². The minimum atomic E-state index is -0.257. The highest BCUT2D eigenvalue weighted by Crippen LogP contribution is 2.17. The lowest BCUT2D eigenvalue weighted by atomic mass is 10.1. The van der Waals surface area contributed by atoms with Gasteiger partial charge in [0.15, 0.2) is 0 Å². The molecule has 0 saturated heterocycles. The summed E-state index contributed by atoms with van der Waals surface area (Å²) in [6, 6.07) is 4.78. The summed E-state index contributed by atoms with van der Waals surface area (Å²) < 4.78 is 5.13. The van der Waals surface area contributed by atoms with Crippen molar-refractivity contribution in [1.29, 1.82) is 0 Å². The number of carbonyl (C=O) groups excluding carboxylic acids is 1. The number of amides is 1. The zero-order valence-corrected chi connectivity index (χ0v) is 10.2. The summed E-state index contributed by atoms with van der Waals surface area (Å²) in [6.45, 7) is 4.83. The van der Waals surface area contributed by atoms with Crippen LogP contribution in [-0.2, 0) is 4.74 Å². The fourth-order valence-electron chi connectivity index (χ4n) is 1.22. The molecule has 0 bridgehead atoms. The van der Waals surface area contributed by atoms with E-state index >= 15 is 0 Å². The molecule has 0 fully saturated rings. The number of anilines is 1. The molecule has 92 valence electrons. The molecule has 1 aromatic carbocycles. The smallest absolute Gasteiger partial charge is 0.253 e. The van der Waals surface area contributed by atoms with Gasteiger partial charge in [0.25, 0.3) is 5.91 Å². The predicted molar refractivity (Wildman–Crippen MR) is 69.2 cm³/mol. The van der Waals surface area contributed by atoms with Gasteiger partial charge in [-0.1, -0.05) is 17.7 Å². The van der Waals surface area contributed by atoms with Crippen LogP contribution >= 0.6 is 11.6 Å². The maximum atomic E-state index is 11.7. The second-order valence-electron chi connectivity index (χ2n) is 3.35. The number of hydrogen-bond acceptors (Lipinski definition) is 3. The summed E-state index contributed by atoms with van der Waals surface area (Å²) in [5.41, 5.74) is 6.46. The SMILES string of the molecule is C=CCOCCNC(=O)c1cc(Cl)ccc1N. The van der Waals surface area contributed by atoms with Crippen LogP contribution in [0.15, 0.2) is 30.9 Å². The number of hydrogen-bond donors (Lipinski definition) is 2. The van der Waals surface area contributed by atoms with Crippen molar-refractivity contribution in [2.24, 2.45) is 0 Å². The fraction of sp³-hybridized carbons (Fsp3) is 0.250. The topological polar surface area (TPSA) is 64.3 Å². The molecule has 0 atom stereocenters. The van der Waals surface area contributed by atoms with Gasteiger partial charge in [0.1, 0.15) is 0 Å². The van der Waals surface area contributed by atoms with Crippen LogP contribution in [0, 0.1) is 0 Å². The Morgan fingerprint density at radius 3 is 3.06 bits per heavy atom. The Balaban J connectivity index is 2.46. The van der Waals surface area contributed by atoms with Gasteiger partial charge < -0.3 is 15.8 Å². The van der Waals surface area contributed by atoms with Crippen LogP contribution in [0.3, 0.4) is 0 Å². The summed E-state index contributed by atoms with van der Waals surface area (Å²) in [6.07, 6.45) is 1.65. The van der Waals surface area contributed by atoms with E-state index in [2.05, 4.69) is 11.9 Å². The van der Waals surface area contributed by atoms with Gasteiger partial charge in [-0.05, 0) is 18.2 Å². The maximum Gasteiger partial charge on any atom is 0.253 e. The van der Waals surface area contributed by atoms with E-state index in [4.69, 9.17) is 22.1 Å². The highest BCUT2D eigenvalue weighted by Gasteiger charge is 2.09. The molecular weight excluding hydrogens is 240 g/mol. The molecule has 1 amide bonds. The van der Waals surface area contributed by atoms with Crippen LogP contribution in [0.5, 0.6) is 0 Å². The zero-order valence-electron chi connectivity index (χ0n) is 9.41. The molecule has 1 rings (SSSR count). The summed E-state index contributed by atoms with van der Waals surface area (Å²) in [4.78, 5) is 11.7. The molecule has 0 aliphatic heterocycles. The summed E-state index contributed by atoms with van der Waals surface area (Å²) >= 11 is 5.79. The van der Waals surface area contributed by atoms with E-state index in [0.717, 1.165) is 0 Å². The molecule has 1 aromatic rings. The Labute approximate surface area is 105 Å². The second kappa shape index (κ2) is 6.93. The minimum absolute atomic E-state index is 0.257. The van der Waals surface area contributed by atoms with Crippen LogP contribution in [0.2, 0.25) is 5.02 Å². The molecule has 0 spiro atoms. The molecule has 0 saturated carbocycles. The van der Waals surface area contributed by atoms with Gasteiger partial charge in [-0.3, -0.25) is 4.79 Å². The summed E-state index contributed by atoms with van der Waals surface area (Å²) in [5.74, 6) is -0.257. The van der Waals surface area contributed by atoms with Crippen LogP contribution in [0.1, 0.15) is 10.4 Å². The normalized spacial score (nSPS) is 9.94. The second-order valence-corrected chi connectivity index (χ2v) is 3.79. The van der Waals surface area contributed by atoms with Crippen molar-refractivity contribution in [1.82, 2.24) is 5.32 Å². The first-order chi connectivity index (χ1) is 8.15. The number of carbonyl (C=O) groups is 1. The van der Waals surface area contributed by atoms with E-state index in [1.54, 1.807) is 18.2 Å². The average Bonchev–Trinajstić information content (AvgIpc) is 2.32. The quantitative estimate of drug-likeness (QED) is 0.463. The monoisotopic (exact) mass is 254 g/mol. The number of nitrogens with one attached hydrogen (secondary N) is 1. The fourth-order valence-corrected chi connectivity index (χ4v) is 1.40. The Hall–Kier alpha value is -1.52. The number of benzene rings is 1. The van der Waals surface area contributed by atoms with Crippen molar-refractivity contribution in [2.45, 2.75) is 0 Å². The first-order valence-corrected chi connectivity index (χ1v) is 5.55. The van der Waals surface area contributed by atoms with Crippen LogP contribution < -0.4 is 11.1 Å². The van der Waals surface area contributed by atoms with E-state index in [-0.39, 0.29) is 5.91 Å². The van der Waals surface area contributed by atoms with E-state index in [1.807, 2.05) is 0 Å². The summed E-state index contributed by atoms with van der Waals surface area (Å²) in [7, 11) is 0. The van der Waals surface area contributed by atoms with Crippen molar-refractivity contribution >= 4 is 23.2 Å². The Bertz CT molecular complexity index is 407. The third-order valence-corrected chi connectivity index (χ3v) is 2.26. The Morgan fingerprint density at radius 1 is 1.59 bits per heavy atom. The lowest BCUT2D eigenvalue weighted by Crippen LogP contribution is -2.28. The highest BCUT2D eigenvalue weighted by molar-refractivity contribution is 6.31. The van der Waals surface area contributed by atoms with Gasteiger partial charge in [-0.15, -0.1) is 6.58 Å². The number of ether oxygens (including phenoxy) is 1. The first kappa shape index (κ1) is 13.5. The molecule has 0 radical (unpaired) electrons. The third kappa shape index (κ3) is 4.46. The number of halogens is 1. The van der Waals surface area contributed by atoms with Crippen molar-refractivity contribution < 1.29 is 9.53 Å². The Morgan fingerprint density at radius 2 is 2.35 bits per heavy atom. The molecule has 5 heteroatoms. The lowest BCUT2D eigenvalue weighted by molar-refractivity contribution is 0.0929. The van der Waals surface area contributed by atoms with Crippen LogP contribution in [0.25, 0.3) is 0 Å². The molecule has 17 heavy (non-hydrogen) atoms. The molecule has 3 N–H and O–H groups in total. The van der Waals surface area contributed by atoms with E-state index in [9.17, 15) is 4.79 Å². The van der Waals surface area contributed by atoms with E-state index < -0.39 is 0 Å². The Kier molecular flexibility index (Phi) is 5.52. The molecule has 0 unspecified atom stereocenters. The van der Waals surface area contributed by atoms with Gasteiger partial charge in [0.05, 0.1) is 18.8 Å². The van der Waals surface area contributed by atoms with Gasteiger partial charge in [0.2, 0.25) is 0 Å². The molecule has 0 aromatic heterocycles. The number of rotatable bonds is 6. The molecule has 4 nitrogen and oxygen atoms in total. The van der Waals surface area contributed by atoms with Crippen molar-refractivity contribution in [3.8, 4) is 0 Å². The molecule has 0 aliphatic rings. The first-order valence-electron chi connectivity index (χ1n) is 5.17. The van der Waals surface area contributed by atoms with Gasteiger partial charge in [-0.2, -0.15) is 0 Å². The van der Waals surface area contributed by atoms with Crippen molar-refractivity contribution in [3.05, 3.63) is 41.4 Å². The minimum Gasteiger partial charge on any atom is -0.398 e. The number of nitrogen functional groups attached to an aromatic ring is 1.